The number of fused-ring (bicyclic) bond motifs is 12. The Morgan fingerprint density at radius 2 is 0.729 bits per heavy atom. The summed E-state index contributed by atoms with van der Waals surface area (Å²) in [6, 6.07) is 85.4. The van der Waals surface area contributed by atoms with Crippen LogP contribution < -0.4 is 0 Å². The molecule has 0 saturated heterocycles. The van der Waals surface area contributed by atoms with Gasteiger partial charge in [0.1, 0.15) is 0 Å². The van der Waals surface area contributed by atoms with Crippen LogP contribution in [0.15, 0.2) is 237 Å². The van der Waals surface area contributed by atoms with Crippen molar-refractivity contribution in [2.24, 2.45) is 0 Å². The molecule has 12 aromatic carbocycles. The van der Waals surface area contributed by atoms with Gasteiger partial charge >= 0.3 is 0 Å². The van der Waals surface area contributed by atoms with Gasteiger partial charge in [-0.05, 0) is 109 Å². The molecule has 0 fully saturated rings. The summed E-state index contributed by atoms with van der Waals surface area (Å²) in [7, 11) is 0. The van der Waals surface area contributed by atoms with Crippen molar-refractivity contribution in [2.45, 2.75) is 0 Å². The van der Waals surface area contributed by atoms with Crippen molar-refractivity contribution >= 4 is 97.5 Å². The molecule has 0 aliphatic rings. The fraction of sp³-hybridized carbons (Fsp3) is 0. The van der Waals surface area contributed by atoms with Gasteiger partial charge in [0.25, 0.3) is 0 Å². The zero-order valence-corrected chi connectivity index (χ0v) is 37.8. The first-order valence-corrected chi connectivity index (χ1v) is 23.8. The van der Waals surface area contributed by atoms with Crippen LogP contribution >= 0.6 is 0 Å². The van der Waals surface area contributed by atoms with Gasteiger partial charge in [-0.15, -0.1) is 0 Å². The second kappa shape index (κ2) is 15.0. The van der Waals surface area contributed by atoms with Gasteiger partial charge in [-0.25, -0.2) is 15.0 Å². The zero-order valence-electron chi connectivity index (χ0n) is 37.8. The molecular weight excluding hydrogens is 851 g/mol. The van der Waals surface area contributed by atoms with Crippen LogP contribution in [0.5, 0.6) is 0 Å². The van der Waals surface area contributed by atoms with Crippen molar-refractivity contribution in [2.75, 3.05) is 0 Å². The first-order valence-electron chi connectivity index (χ1n) is 23.8. The largest absolute Gasteiger partial charge is 0.309 e. The van der Waals surface area contributed by atoms with Crippen molar-refractivity contribution in [3.63, 3.8) is 0 Å². The summed E-state index contributed by atoms with van der Waals surface area (Å²) in [6.07, 6.45) is 0. The number of rotatable bonds is 5. The molecule has 0 atom stereocenters. The highest BCUT2D eigenvalue weighted by Gasteiger charge is 2.22. The Labute approximate surface area is 401 Å². The van der Waals surface area contributed by atoms with Crippen molar-refractivity contribution in [1.82, 2.24) is 24.1 Å². The molecule has 324 valence electrons. The quantitative estimate of drug-likeness (QED) is 0.162. The minimum absolute atomic E-state index is 0.609. The van der Waals surface area contributed by atoms with Gasteiger partial charge in [-0.2, -0.15) is 0 Å². The van der Waals surface area contributed by atoms with Crippen LogP contribution in [0.25, 0.3) is 143 Å². The minimum Gasteiger partial charge on any atom is -0.309 e. The molecule has 0 unspecified atom stereocenters. The second-order valence-electron chi connectivity index (χ2n) is 18.4. The Kier molecular flexibility index (Phi) is 8.29. The molecular formula is C65H39N5. The van der Waals surface area contributed by atoms with Crippen molar-refractivity contribution < 1.29 is 0 Å². The van der Waals surface area contributed by atoms with Crippen LogP contribution in [-0.2, 0) is 0 Å². The van der Waals surface area contributed by atoms with E-state index < -0.39 is 0 Å². The summed E-state index contributed by atoms with van der Waals surface area (Å²) in [6.45, 7) is 0. The summed E-state index contributed by atoms with van der Waals surface area (Å²) < 4.78 is 4.92. The Bertz CT molecular complexity index is 4660. The highest BCUT2D eigenvalue weighted by atomic mass is 15.0. The van der Waals surface area contributed by atoms with E-state index in [1.807, 2.05) is 18.2 Å². The number of hydrogen-bond acceptors (Lipinski definition) is 3. The molecule has 15 rings (SSSR count). The lowest BCUT2D eigenvalue weighted by molar-refractivity contribution is 1.07. The Morgan fingerprint density at radius 3 is 1.43 bits per heavy atom. The molecule has 0 bridgehead atoms. The molecule has 5 nitrogen and oxygen atoms in total. The number of benzene rings is 12. The van der Waals surface area contributed by atoms with E-state index in [1.165, 1.54) is 64.9 Å². The number of aromatic nitrogens is 5. The van der Waals surface area contributed by atoms with Gasteiger partial charge in [0.15, 0.2) is 17.5 Å². The van der Waals surface area contributed by atoms with E-state index in [9.17, 15) is 0 Å². The van der Waals surface area contributed by atoms with Crippen LogP contribution in [-0.4, -0.2) is 24.1 Å². The van der Waals surface area contributed by atoms with Crippen LogP contribution in [0.2, 0.25) is 0 Å². The molecule has 0 radical (unpaired) electrons. The normalized spacial score (nSPS) is 12.0. The predicted molar refractivity (Wildman–Crippen MR) is 292 cm³/mol. The van der Waals surface area contributed by atoms with Crippen molar-refractivity contribution in [1.29, 1.82) is 0 Å². The third-order valence-corrected chi connectivity index (χ3v) is 14.4. The third kappa shape index (κ3) is 5.88. The van der Waals surface area contributed by atoms with Gasteiger partial charge in [-0.1, -0.05) is 176 Å². The number of para-hydroxylation sites is 1. The van der Waals surface area contributed by atoms with Crippen LogP contribution in [0.3, 0.4) is 0 Å². The highest BCUT2D eigenvalue weighted by Crippen LogP contribution is 2.42. The smallest absolute Gasteiger partial charge is 0.164 e. The maximum Gasteiger partial charge on any atom is 0.164 e. The first kappa shape index (κ1) is 38.6. The standard InChI is InChI=1S/C65H39N5/c1-2-16-40(17-3-1)63-66-64(68-65(67-63)57-35-46-23-8-10-24-49(46)51-26-12-13-27-52(51)57)47-32-45-22-9-11-25-50(45)59(38-47)70-61-37-44-21-7-5-19-42(44)34-56(61)54-31-30-48(39-62(54)70)69-58-29-15-14-28-53(58)55-33-41-18-4-6-20-43(41)36-60(55)69/h1-39H. The Morgan fingerprint density at radius 1 is 0.243 bits per heavy atom. The highest BCUT2D eigenvalue weighted by molar-refractivity contribution is 6.17. The van der Waals surface area contributed by atoms with Crippen molar-refractivity contribution in [3.05, 3.63) is 237 Å². The zero-order chi connectivity index (χ0) is 45.9. The molecule has 3 aromatic heterocycles. The summed E-state index contributed by atoms with van der Waals surface area (Å²) >= 11 is 0. The predicted octanol–water partition coefficient (Wildman–Crippen LogP) is 16.8. The Balaban J connectivity index is 1.02. The number of hydrogen-bond donors (Lipinski definition) is 0. The Hall–Kier alpha value is -9.45. The van der Waals surface area contributed by atoms with Gasteiger partial charge < -0.3 is 9.13 Å². The second-order valence-corrected chi connectivity index (χ2v) is 18.4. The third-order valence-electron chi connectivity index (χ3n) is 14.4. The van der Waals surface area contributed by atoms with E-state index in [2.05, 4.69) is 228 Å². The molecule has 0 aliphatic heterocycles. The van der Waals surface area contributed by atoms with Crippen LogP contribution in [0.4, 0.5) is 0 Å². The van der Waals surface area contributed by atoms with E-state index in [-0.39, 0.29) is 0 Å². The summed E-state index contributed by atoms with van der Waals surface area (Å²) in [5.41, 5.74) is 9.54. The first-order chi connectivity index (χ1) is 34.7. The molecule has 0 spiro atoms. The lowest BCUT2D eigenvalue weighted by Crippen LogP contribution is -2.02. The monoisotopic (exact) mass is 889 g/mol. The number of nitrogens with zero attached hydrogens (tertiary/aromatic N) is 5. The molecule has 0 N–H and O–H groups in total. The molecule has 0 amide bonds. The molecule has 70 heavy (non-hydrogen) atoms. The van der Waals surface area contributed by atoms with E-state index in [0.717, 1.165) is 60.6 Å². The minimum atomic E-state index is 0.609. The van der Waals surface area contributed by atoms with Crippen molar-refractivity contribution in [3.8, 4) is 45.5 Å². The lowest BCUT2D eigenvalue weighted by atomic mass is 9.97. The fourth-order valence-electron chi connectivity index (χ4n) is 11.2. The average molecular weight is 890 g/mol. The summed E-state index contributed by atoms with van der Waals surface area (Å²) in [5.74, 6) is 1.87. The van der Waals surface area contributed by atoms with E-state index in [0.29, 0.717) is 17.5 Å². The molecule has 5 heteroatoms. The van der Waals surface area contributed by atoms with Crippen LogP contribution in [0, 0.1) is 0 Å². The van der Waals surface area contributed by atoms with E-state index >= 15 is 0 Å². The lowest BCUT2D eigenvalue weighted by Gasteiger charge is -2.16. The van der Waals surface area contributed by atoms with Gasteiger partial charge in [0.2, 0.25) is 0 Å². The topological polar surface area (TPSA) is 48.5 Å². The summed E-state index contributed by atoms with van der Waals surface area (Å²) in [5, 5.41) is 16.5. The van der Waals surface area contributed by atoms with E-state index in [1.54, 1.807) is 0 Å². The maximum absolute atomic E-state index is 5.44. The average Bonchev–Trinajstić information content (AvgIpc) is 3.92. The SMILES string of the molecule is c1ccc(-c2nc(-c3cc(-n4c5cc(-n6c7ccccc7c7cc8ccccc8cc76)ccc5c5cc6ccccc6cc54)c4ccccc4c3)nc(-c3cc4ccccc4c4ccccc34)n2)cc1. The molecule has 15 aromatic rings. The molecule has 0 saturated carbocycles. The summed E-state index contributed by atoms with van der Waals surface area (Å²) in [4.78, 5) is 16.0. The van der Waals surface area contributed by atoms with Crippen LogP contribution in [0.1, 0.15) is 0 Å². The molecule has 3 heterocycles. The molecule has 0 aliphatic carbocycles. The van der Waals surface area contributed by atoms with E-state index in [4.69, 9.17) is 15.0 Å². The van der Waals surface area contributed by atoms with Gasteiger partial charge in [0.05, 0.1) is 27.8 Å². The maximum atomic E-state index is 5.44. The van der Waals surface area contributed by atoms with Gasteiger partial charge in [-0.3, -0.25) is 0 Å². The fourth-order valence-corrected chi connectivity index (χ4v) is 11.2. The van der Waals surface area contributed by atoms with Gasteiger partial charge in [0, 0.05) is 49.3 Å².